The molecule has 0 radical (unpaired) electrons. The molecular weight excluding hydrogens is 432 g/mol. The molecule has 4 rings (SSSR count). The molecule has 10 heteroatoms. The number of benzene rings is 2. The van der Waals surface area contributed by atoms with Crippen LogP contribution in [-0.2, 0) is 16.0 Å². The number of Topliss-reactive ketones (excluding diaryl/α,β-unsaturated/α-hetero) is 1. The minimum absolute atomic E-state index is 0.0488. The van der Waals surface area contributed by atoms with Crippen molar-refractivity contribution in [2.75, 3.05) is 30.0 Å². The van der Waals surface area contributed by atoms with Crippen LogP contribution in [0.2, 0.25) is 5.02 Å². The number of carbonyl (C=O) groups is 3. The van der Waals surface area contributed by atoms with Gasteiger partial charge in [0, 0.05) is 25.5 Å². The molecule has 2 amide bonds. The lowest BCUT2D eigenvalue weighted by Crippen LogP contribution is -2.30. The topological polar surface area (TPSA) is 116 Å². The number of para-hydroxylation sites is 1. The van der Waals surface area contributed by atoms with Gasteiger partial charge in [0.15, 0.2) is 5.82 Å². The summed E-state index contributed by atoms with van der Waals surface area (Å²) in [6.45, 7) is 0. The van der Waals surface area contributed by atoms with E-state index in [1.165, 1.54) is 25.2 Å². The summed E-state index contributed by atoms with van der Waals surface area (Å²) in [7, 11) is 3.03. The van der Waals surface area contributed by atoms with Crippen molar-refractivity contribution in [1.29, 1.82) is 0 Å². The van der Waals surface area contributed by atoms with E-state index in [2.05, 4.69) is 25.9 Å². The zero-order valence-corrected chi connectivity index (χ0v) is 18.0. The molecule has 32 heavy (non-hydrogen) atoms. The highest BCUT2D eigenvalue weighted by Gasteiger charge is 2.22. The average molecular weight is 451 g/mol. The highest BCUT2D eigenvalue weighted by Crippen LogP contribution is 2.29. The lowest BCUT2D eigenvalue weighted by Gasteiger charge is -2.14. The number of rotatable bonds is 6. The number of likely N-dealkylation sites (N-methyl/N-ethyl adjacent to an activating group) is 1. The van der Waals surface area contributed by atoms with Crippen LogP contribution in [0.25, 0.3) is 0 Å². The Morgan fingerprint density at radius 3 is 2.69 bits per heavy atom. The number of hydrogen-bond acceptors (Lipinski definition) is 7. The van der Waals surface area contributed by atoms with Crippen molar-refractivity contribution < 1.29 is 14.4 Å². The third-order valence-electron chi connectivity index (χ3n) is 4.76. The van der Waals surface area contributed by atoms with Gasteiger partial charge in [0.25, 0.3) is 11.7 Å². The minimum atomic E-state index is -0.650. The number of nitrogens with zero attached hydrogens (tertiary/aromatic N) is 3. The number of amides is 2. The van der Waals surface area contributed by atoms with Crippen LogP contribution in [0, 0.1) is 0 Å². The van der Waals surface area contributed by atoms with Crippen molar-refractivity contribution >= 4 is 58.0 Å². The van der Waals surface area contributed by atoms with Crippen LogP contribution in [0.3, 0.4) is 0 Å². The first kappa shape index (κ1) is 21.3. The van der Waals surface area contributed by atoms with Gasteiger partial charge in [0.05, 0.1) is 23.9 Å². The van der Waals surface area contributed by atoms with Gasteiger partial charge in [-0.25, -0.2) is 4.98 Å². The summed E-state index contributed by atoms with van der Waals surface area (Å²) in [5, 5.41) is 9.12. The average Bonchev–Trinajstić information content (AvgIpc) is 3.14. The minimum Gasteiger partial charge on any atom is -0.342 e. The molecule has 1 aromatic heterocycles. The van der Waals surface area contributed by atoms with Crippen LogP contribution >= 0.6 is 11.6 Å². The van der Waals surface area contributed by atoms with Gasteiger partial charge >= 0.3 is 0 Å². The molecular formula is C22H19ClN6O3. The van der Waals surface area contributed by atoms with E-state index in [1.807, 2.05) is 6.07 Å². The van der Waals surface area contributed by atoms with Gasteiger partial charge in [-0.3, -0.25) is 14.4 Å². The van der Waals surface area contributed by atoms with Crippen LogP contribution in [-0.4, -0.2) is 46.6 Å². The van der Waals surface area contributed by atoms with Crippen molar-refractivity contribution in [1.82, 2.24) is 14.9 Å². The Bertz CT molecular complexity index is 1240. The van der Waals surface area contributed by atoms with E-state index < -0.39 is 11.7 Å². The van der Waals surface area contributed by atoms with Crippen LogP contribution in [0.15, 0.2) is 48.7 Å². The lowest BCUT2D eigenvalue weighted by molar-refractivity contribution is -0.124. The Kier molecular flexibility index (Phi) is 5.74. The molecule has 2 aromatic carbocycles. The number of aromatic nitrogens is 2. The molecule has 0 atom stereocenters. The summed E-state index contributed by atoms with van der Waals surface area (Å²) < 4.78 is 0. The van der Waals surface area contributed by atoms with Gasteiger partial charge in [0.2, 0.25) is 11.9 Å². The summed E-state index contributed by atoms with van der Waals surface area (Å²) in [6, 6.07) is 12.1. The fourth-order valence-corrected chi connectivity index (χ4v) is 3.33. The molecule has 0 fully saturated rings. The van der Waals surface area contributed by atoms with Crippen LogP contribution in [0.4, 0.5) is 28.8 Å². The van der Waals surface area contributed by atoms with Gasteiger partial charge in [0.1, 0.15) is 5.02 Å². The number of carbonyl (C=O) groups excluding carboxylic acids is 3. The quantitative estimate of drug-likeness (QED) is 0.389. The summed E-state index contributed by atoms with van der Waals surface area (Å²) in [5.74, 6) is -0.808. The normalized spacial score (nSPS) is 12.0. The second kappa shape index (κ2) is 8.64. The third-order valence-corrected chi connectivity index (χ3v) is 5.03. The molecule has 0 bridgehead atoms. The Hall–Kier alpha value is -3.98. The fraction of sp³-hybridized carbons (Fsp3) is 0.136. The van der Waals surface area contributed by atoms with E-state index in [4.69, 9.17) is 11.6 Å². The summed E-state index contributed by atoms with van der Waals surface area (Å²) in [4.78, 5) is 46.1. The van der Waals surface area contributed by atoms with Gasteiger partial charge in [-0.15, -0.1) is 0 Å². The van der Waals surface area contributed by atoms with Crippen LogP contribution < -0.4 is 16.0 Å². The monoisotopic (exact) mass is 450 g/mol. The number of hydrogen-bond donors (Lipinski definition) is 3. The Labute approximate surface area is 188 Å². The molecule has 0 unspecified atom stereocenters. The van der Waals surface area contributed by atoms with E-state index in [-0.39, 0.29) is 28.3 Å². The molecule has 0 saturated heterocycles. The SMILES string of the molecule is CN(C)C(=O)C(=O)c1ccccc1Nc1nc(Nc2ccc3c(c2)CC(=O)N3)ncc1Cl. The first-order chi connectivity index (χ1) is 15.3. The second-order valence-electron chi connectivity index (χ2n) is 7.31. The Morgan fingerprint density at radius 1 is 1.12 bits per heavy atom. The van der Waals surface area contributed by atoms with E-state index >= 15 is 0 Å². The largest absolute Gasteiger partial charge is 0.342 e. The van der Waals surface area contributed by atoms with Crippen LogP contribution in [0.5, 0.6) is 0 Å². The number of halogens is 1. The number of anilines is 5. The molecule has 0 spiro atoms. The van der Waals surface area contributed by atoms with Gasteiger partial charge in [-0.1, -0.05) is 23.7 Å². The first-order valence-electron chi connectivity index (χ1n) is 9.66. The number of nitrogens with one attached hydrogen (secondary N) is 3. The lowest BCUT2D eigenvalue weighted by atomic mass is 10.1. The maximum atomic E-state index is 12.6. The summed E-state index contributed by atoms with van der Waals surface area (Å²) in [6.07, 6.45) is 1.74. The molecule has 162 valence electrons. The second-order valence-corrected chi connectivity index (χ2v) is 7.72. The predicted octanol–water partition coefficient (Wildman–Crippen LogP) is 3.38. The maximum Gasteiger partial charge on any atom is 0.294 e. The number of fused-ring (bicyclic) bond motifs is 1. The smallest absolute Gasteiger partial charge is 0.294 e. The Morgan fingerprint density at radius 2 is 1.91 bits per heavy atom. The highest BCUT2D eigenvalue weighted by molar-refractivity contribution is 6.43. The zero-order valence-electron chi connectivity index (χ0n) is 17.3. The highest BCUT2D eigenvalue weighted by atomic mass is 35.5. The van der Waals surface area contributed by atoms with Gasteiger partial charge in [-0.05, 0) is 35.9 Å². The molecule has 9 nitrogen and oxygen atoms in total. The Balaban J connectivity index is 1.59. The van der Waals surface area contributed by atoms with Crippen molar-refractivity contribution in [3.05, 3.63) is 64.8 Å². The molecule has 1 aliphatic rings. The summed E-state index contributed by atoms with van der Waals surface area (Å²) >= 11 is 6.27. The van der Waals surface area contributed by atoms with Crippen molar-refractivity contribution in [2.24, 2.45) is 0 Å². The molecule has 3 N–H and O–H groups in total. The standard InChI is InChI=1S/C22H19ClN6O3/c1-29(2)21(32)19(31)14-5-3-4-6-17(14)27-20-15(23)11-24-22(28-20)25-13-7-8-16-12(9-13)10-18(30)26-16/h3-9,11H,10H2,1-2H3,(H,26,30)(H2,24,25,27,28). The fourth-order valence-electron chi connectivity index (χ4n) is 3.19. The van der Waals surface area contributed by atoms with Crippen LogP contribution in [0.1, 0.15) is 15.9 Å². The van der Waals surface area contributed by atoms with E-state index in [0.717, 1.165) is 11.3 Å². The molecule has 0 saturated carbocycles. The van der Waals surface area contributed by atoms with E-state index in [0.29, 0.717) is 17.8 Å². The molecule has 1 aliphatic heterocycles. The first-order valence-corrected chi connectivity index (χ1v) is 10.0. The molecule has 2 heterocycles. The van der Waals surface area contributed by atoms with Crippen molar-refractivity contribution in [3.63, 3.8) is 0 Å². The predicted molar refractivity (Wildman–Crippen MR) is 122 cm³/mol. The van der Waals surface area contributed by atoms with E-state index in [9.17, 15) is 14.4 Å². The van der Waals surface area contributed by atoms with E-state index in [1.54, 1.807) is 36.4 Å². The number of ketones is 1. The third kappa shape index (κ3) is 4.37. The van der Waals surface area contributed by atoms with Crippen molar-refractivity contribution in [3.8, 4) is 0 Å². The maximum absolute atomic E-state index is 12.6. The molecule has 3 aromatic rings. The zero-order chi connectivity index (χ0) is 22.8. The summed E-state index contributed by atoms with van der Waals surface area (Å²) in [5.41, 5.74) is 2.96. The van der Waals surface area contributed by atoms with Gasteiger partial charge in [-0.2, -0.15) is 4.98 Å². The molecule has 0 aliphatic carbocycles. The van der Waals surface area contributed by atoms with Crippen molar-refractivity contribution in [2.45, 2.75) is 6.42 Å². The van der Waals surface area contributed by atoms with Gasteiger partial charge < -0.3 is 20.9 Å².